The van der Waals surface area contributed by atoms with Gasteiger partial charge in [-0.25, -0.2) is 0 Å². The standard InChI is InChI=1S/C27H27ClF6N4O3S/c28-21-5-1-2-6-22(21)38-23(17-24(35-38)25(39,26(29,30)31)27(32,33)34)20-9-7-18(8-10-20)19-11-15-37(16-12-19)42(40,41)36-13-3-4-14-36/h1-2,5-11,23,39H,3-4,12-17H2. The Kier molecular flexibility index (Phi) is 8.16. The van der Waals surface area contributed by atoms with Crippen molar-refractivity contribution in [2.75, 3.05) is 31.2 Å². The van der Waals surface area contributed by atoms with Gasteiger partial charge in [0.25, 0.3) is 15.8 Å². The fraction of sp³-hybridized carbons (Fsp3) is 0.444. The van der Waals surface area contributed by atoms with Crippen LogP contribution in [0, 0.1) is 0 Å². The van der Waals surface area contributed by atoms with Crippen molar-refractivity contribution in [1.29, 1.82) is 0 Å². The summed E-state index contributed by atoms with van der Waals surface area (Å²) in [6.07, 6.45) is -9.13. The van der Waals surface area contributed by atoms with Gasteiger partial charge in [0.05, 0.1) is 22.5 Å². The highest BCUT2D eigenvalue weighted by Crippen LogP contribution is 2.49. The Balaban J connectivity index is 1.42. The highest BCUT2D eigenvalue weighted by atomic mass is 35.5. The maximum atomic E-state index is 13.7. The largest absolute Gasteiger partial charge is 0.431 e. The Morgan fingerprint density at radius 2 is 1.50 bits per heavy atom. The van der Waals surface area contributed by atoms with E-state index < -0.39 is 46.3 Å². The molecule has 1 saturated heterocycles. The normalized spacial score (nSPS) is 21.5. The first kappa shape index (κ1) is 30.8. The first-order valence-electron chi connectivity index (χ1n) is 13.2. The Bertz CT molecular complexity index is 1470. The molecular weight excluding hydrogens is 610 g/mol. The highest BCUT2D eigenvalue weighted by molar-refractivity contribution is 7.86. The number of hydrogen-bond acceptors (Lipinski definition) is 5. The van der Waals surface area contributed by atoms with Gasteiger partial charge in [-0.1, -0.05) is 54.1 Å². The van der Waals surface area contributed by atoms with Gasteiger partial charge in [-0.05, 0) is 48.1 Å². The Labute approximate surface area is 243 Å². The molecule has 0 aliphatic carbocycles. The van der Waals surface area contributed by atoms with E-state index in [9.17, 15) is 39.9 Å². The van der Waals surface area contributed by atoms with Crippen molar-refractivity contribution in [3.05, 3.63) is 70.8 Å². The van der Waals surface area contributed by atoms with Crippen molar-refractivity contribution < 1.29 is 39.9 Å². The Hall–Kier alpha value is -2.65. The van der Waals surface area contributed by atoms with Gasteiger partial charge in [0.2, 0.25) is 0 Å². The van der Waals surface area contributed by atoms with Gasteiger partial charge in [-0.3, -0.25) is 5.01 Å². The molecule has 0 saturated carbocycles. The third-order valence-corrected chi connectivity index (χ3v) is 10.1. The van der Waals surface area contributed by atoms with Gasteiger partial charge >= 0.3 is 12.4 Å². The summed E-state index contributed by atoms with van der Waals surface area (Å²) in [5.41, 5.74) is -4.62. The zero-order valence-corrected chi connectivity index (χ0v) is 23.6. The van der Waals surface area contributed by atoms with E-state index in [0.717, 1.165) is 29.0 Å². The summed E-state index contributed by atoms with van der Waals surface area (Å²) in [7, 11) is -3.55. The molecule has 42 heavy (non-hydrogen) atoms. The molecule has 5 rings (SSSR count). The highest BCUT2D eigenvalue weighted by Gasteiger charge is 2.74. The average Bonchev–Trinajstić information content (AvgIpc) is 3.64. The van der Waals surface area contributed by atoms with Crippen LogP contribution in [0.2, 0.25) is 5.02 Å². The monoisotopic (exact) mass is 636 g/mol. The maximum Gasteiger partial charge on any atom is 0.431 e. The van der Waals surface area contributed by atoms with Gasteiger partial charge in [-0.2, -0.15) is 48.5 Å². The van der Waals surface area contributed by atoms with Crippen LogP contribution in [0.25, 0.3) is 5.57 Å². The number of alkyl halides is 6. The zero-order chi connectivity index (χ0) is 30.5. The summed E-state index contributed by atoms with van der Waals surface area (Å²) in [6, 6.07) is 11.2. The molecule has 2 aromatic carbocycles. The topological polar surface area (TPSA) is 76.4 Å². The lowest BCUT2D eigenvalue weighted by molar-refractivity contribution is -0.338. The van der Waals surface area contributed by atoms with Crippen LogP contribution in [0.15, 0.2) is 59.7 Å². The summed E-state index contributed by atoms with van der Waals surface area (Å²) >= 11 is 6.24. The number of hydrazone groups is 1. The van der Waals surface area contributed by atoms with Gasteiger partial charge in [-0.15, -0.1) is 0 Å². The smallest absolute Gasteiger partial charge is 0.369 e. The molecule has 0 amide bonds. The molecule has 1 unspecified atom stereocenters. The number of para-hydroxylation sites is 1. The van der Waals surface area contributed by atoms with Crippen molar-refractivity contribution >= 4 is 38.8 Å². The van der Waals surface area contributed by atoms with E-state index in [0.29, 0.717) is 25.1 Å². The van der Waals surface area contributed by atoms with Crippen molar-refractivity contribution in [1.82, 2.24) is 8.61 Å². The van der Waals surface area contributed by atoms with Gasteiger partial charge in [0, 0.05) is 32.6 Å². The molecule has 7 nitrogen and oxygen atoms in total. The van der Waals surface area contributed by atoms with Crippen LogP contribution in [0.3, 0.4) is 0 Å². The number of rotatable bonds is 6. The summed E-state index contributed by atoms with van der Waals surface area (Å²) in [5, 5.41) is 14.7. The van der Waals surface area contributed by atoms with Crippen molar-refractivity contribution in [3.8, 4) is 0 Å². The fourth-order valence-corrected chi connectivity index (χ4v) is 7.31. The summed E-state index contributed by atoms with van der Waals surface area (Å²) < 4.78 is 111. The van der Waals surface area contributed by atoms with Crippen molar-refractivity contribution in [3.63, 3.8) is 0 Å². The molecule has 1 atom stereocenters. The molecule has 0 radical (unpaired) electrons. The third-order valence-electron chi connectivity index (χ3n) is 7.80. The van der Waals surface area contributed by atoms with Crippen LogP contribution in [0.1, 0.15) is 42.9 Å². The first-order chi connectivity index (χ1) is 19.6. The second-order valence-corrected chi connectivity index (χ2v) is 12.7. The van der Waals surface area contributed by atoms with E-state index in [1.807, 2.05) is 0 Å². The summed E-state index contributed by atoms with van der Waals surface area (Å²) in [6.45, 7) is 1.46. The van der Waals surface area contributed by atoms with Crippen LogP contribution in [-0.4, -0.2) is 72.0 Å². The molecule has 228 valence electrons. The minimum atomic E-state index is -6.07. The minimum absolute atomic E-state index is 0.0486. The molecule has 3 aliphatic rings. The fourth-order valence-electron chi connectivity index (χ4n) is 5.46. The lowest BCUT2D eigenvalue weighted by Gasteiger charge is -2.32. The van der Waals surface area contributed by atoms with Crippen LogP contribution in [0.5, 0.6) is 0 Å². The van der Waals surface area contributed by atoms with E-state index in [1.165, 1.54) is 26.8 Å². The molecule has 0 spiro atoms. The van der Waals surface area contributed by atoms with Gasteiger partial charge in [0.15, 0.2) is 0 Å². The van der Waals surface area contributed by atoms with Crippen molar-refractivity contribution in [2.24, 2.45) is 5.10 Å². The van der Waals surface area contributed by atoms with E-state index in [2.05, 4.69) is 5.10 Å². The minimum Gasteiger partial charge on any atom is -0.369 e. The predicted molar refractivity (Wildman–Crippen MR) is 146 cm³/mol. The second kappa shape index (κ2) is 11.1. The molecule has 2 aromatic rings. The van der Waals surface area contributed by atoms with Gasteiger partial charge < -0.3 is 5.11 Å². The van der Waals surface area contributed by atoms with Crippen LogP contribution in [0.4, 0.5) is 32.0 Å². The first-order valence-corrected chi connectivity index (χ1v) is 14.9. The van der Waals surface area contributed by atoms with Crippen LogP contribution >= 0.6 is 11.6 Å². The summed E-state index contributed by atoms with van der Waals surface area (Å²) in [5.74, 6) is 0. The number of nitrogens with zero attached hydrogens (tertiary/aromatic N) is 4. The molecule has 1 N–H and O–H groups in total. The van der Waals surface area contributed by atoms with Gasteiger partial charge in [0.1, 0.15) is 0 Å². The molecule has 3 aliphatic heterocycles. The van der Waals surface area contributed by atoms with E-state index in [-0.39, 0.29) is 23.8 Å². The Morgan fingerprint density at radius 3 is 2.05 bits per heavy atom. The molecule has 0 bridgehead atoms. The SMILES string of the molecule is O=S(=O)(N1CC=C(c2ccc(C3CC(C(O)(C(F)(F)F)C(F)(F)F)=NN3c3ccccc3Cl)cc2)CC1)N1CCCC1. The lowest BCUT2D eigenvalue weighted by atomic mass is 9.89. The Morgan fingerprint density at radius 1 is 0.881 bits per heavy atom. The predicted octanol–water partition coefficient (Wildman–Crippen LogP) is 5.93. The van der Waals surface area contributed by atoms with E-state index >= 15 is 0 Å². The second-order valence-electron chi connectivity index (χ2n) is 10.3. The number of hydrogen-bond donors (Lipinski definition) is 1. The average molecular weight is 637 g/mol. The molecule has 3 heterocycles. The molecular formula is C27H27ClF6N4O3S. The van der Waals surface area contributed by atoms with Crippen molar-refractivity contribution in [2.45, 2.75) is 49.7 Å². The molecule has 15 heteroatoms. The number of aliphatic hydroxyl groups is 1. The van der Waals surface area contributed by atoms with Crippen LogP contribution < -0.4 is 5.01 Å². The maximum absolute atomic E-state index is 13.7. The van der Waals surface area contributed by atoms with E-state index in [4.69, 9.17) is 11.6 Å². The molecule has 0 aromatic heterocycles. The van der Waals surface area contributed by atoms with Crippen LogP contribution in [-0.2, 0) is 10.2 Å². The quantitative estimate of drug-likeness (QED) is 0.399. The third kappa shape index (κ3) is 5.43. The zero-order valence-electron chi connectivity index (χ0n) is 22.0. The lowest BCUT2D eigenvalue weighted by Crippen LogP contribution is -2.62. The summed E-state index contributed by atoms with van der Waals surface area (Å²) in [4.78, 5) is 0. The number of halogens is 7. The number of benzene rings is 2. The molecule has 1 fully saturated rings. The number of anilines is 1. The van der Waals surface area contributed by atoms with E-state index in [1.54, 1.807) is 36.4 Å².